The van der Waals surface area contributed by atoms with Gasteiger partial charge in [0.2, 0.25) is 5.95 Å². The number of anilines is 3. The number of aliphatic hydroxyl groups is 1. The molecule has 5 rings (SSSR count). The Labute approximate surface area is 166 Å². The van der Waals surface area contributed by atoms with Gasteiger partial charge in [-0.25, -0.2) is 4.98 Å². The van der Waals surface area contributed by atoms with Gasteiger partial charge in [-0.3, -0.25) is 4.79 Å². The maximum absolute atomic E-state index is 12.5. The van der Waals surface area contributed by atoms with Crippen molar-refractivity contribution in [2.75, 3.05) is 36.5 Å². The summed E-state index contributed by atoms with van der Waals surface area (Å²) in [5.41, 5.74) is 1.03. The summed E-state index contributed by atoms with van der Waals surface area (Å²) in [5, 5.41) is 13.4. The second-order valence-corrected chi connectivity index (χ2v) is 7.14. The van der Waals surface area contributed by atoms with Crippen molar-refractivity contribution < 1.29 is 14.6 Å². The second kappa shape index (κ2) is 7.25. The molecule has 1 fully saturated rings. The van der Waals surface area contributed by atoms with Crippen LogP contribution in [0.1, 0.15) is 12.8 Å². The number of hydrogen-bond donors (Lipinski definition) is 3. The van der Waals surface area contributed by atoms with Gasteiger partial charge in [-0.2, -0.15) is 4.98 Å². The van der Waals surface area contributed by atoms with Crippen LogP contribution in [0.3, 0.4) is 0 Å². The standard InChI is InChI=1S/C20H21N5O4/c26-13-4-7-25(8-5-13)20-23-14-3-6-21-19(27)17(14)18(24-20)22-12-1-2-15-16(11-12)29-10-9-28-15/h1-3,6,11,13,26H,4-5,7-10H2,(H,21,27)(H,22,23,24). The Morgan fingerprint density at radius 3 is 2.72 bits per heavy atom. The highest BCUT2D eigenvalue weighted by molar-refractivity contribution is 5.91. The zero-order chi connectivity index (χ0) is 19.8. The van der Waals surface area contributed by atoms with Crippen LogP contribution < -0.4 is 25.2 Å². The van der Waals surface area contributed by atoms with E-state index in [0.717, 1.165) is 5.69 Å². The van der Waals surface area contributed by atoms with Crippen molar-refractivity contribution in [1.29, 1.82) is 0 Å². The summed E-state index contributed by atoms with van der Waals surface area (Å²) < 4.78 is 11.2. The monoisotopic (exact) mass is 395 g/mol. The molecule has 0 unspecified atom stereocenters. The molecule has 0 aliphatic carbocycles. The summed E-state index contributed by atoms with van der Waals surface area (Å²) in [7, 11) is 0. The third kappa shape index (κ3) is 3.44. The molecule has 0 bridgehead atoms. The van der Waals surface area contributed by atoms with E-state index in [4.69, 9.17) is 9.47 Å². The fourth-order valence-electron chi connectivity index (χ4n) is 3.63. The van der Waals surface area contributed by atoms with E-state index in [1.54, 1.807) is 12.3 Å². The maximum Gasteiger partial charge on any atom is 0.261 e. The van der Waals surface area contributed by atoms with Gasteiger partial charge in [0.15, 0.2) is 11.5 Å². The van der Waals surface area contributed by atoms with Crippen LogP contribution in [0.2, 0.25) is 0 Å². The van der Waals surface area contributed by atoms with Crippen LogP contribution in [0.5, 0.6) is 11.5 Å². The van der Waals surface area contributed by atoms with E-state index in [-0.39, 0.29) is 11.7 Å². The highest BCUT2D eigenvalue weighted by Gasteiger charge is 2.21. The zero-order valence-corrected chi connectivity index (χ0v) is 15.7. The van der Waals surface area contributed by atoms with E-state index in [9.17, 15) is 9.90 Å². The van der Waals surface area contributed by atoms with Gasteiger partial charge in [0.05, 0.1) is 11.6 Å². The fourth-order valence-corrected chi connectivity index (χ4v) is 3.63. The van der Waals surface area contributed by atoms with Crippen LogP contribution >= 0.6 is 0 Å². The molecule has 2 aliphatic heterocycles. The first kappa shape index (κ1) is 17.7. The molecule has 0 amide bonds. The first-order valence-corrected chi connectivity index (χ1v) is 9.66. The number of nitrogens with one attached hydrogen (secondary N) is 2. The lowest BCUT2D eigenvalue weighted by Gasteiger charge is -2.30. The number of aromatic nitrogens is 3. The minimum atomic E-state index is -0.287. The van der Waals surface area contributed by atoms with Gasteiger partial charge in [0, 0.05) is 31.0 Å². The Balaban J connectivity index is 1.55. The number of rotatable bonds is 3. The number of nitrogens with zero attached hydrogens (tertiary/aromatic N) is 3. The smallest absolute Gasteiger partial charge is 0.261 e. The highest BCUT2D eigenvalue weighted by atomic mass is 16.6. The van der Waals surface area contributed by atoms with E-state index in [0.29, 0.717) is 73.3 Å². The average molecular weight is 395 g/mol. The summed E-state index contributed by atoms with van der Waals surface area (Å²) >= 11 is 0. The van der Waals surface area contributed by atoms with Crippen LogP contribution in [-0.4, -0.2) is 52.5 Å². The molecule has 3 aromatic rings. The molecular formula is C20H21N5O4. The summed E-state index contributed by atoms with van der Waals surface area (Å²) in [6, 6.07) is 7.28. The molecule has 1 aromatic carbocycles. The number of aromatic amines is 1. The Morgan fingerprint density at radius 1 is 1.10 bits per heavy atom. The number of ether oxygens (including phenoxy) is 2. The van der Waals surface area contributed by atoms with Crippen molar-refractivity contribution in [2.45, 2.75) is 18.9 Å². The van der Waals surface area contributed by atoms with Crippen molar-refractivity contribution in [3.8, 4) is 11.5 Å². The van der Waals surface area contributed by atoms with E-state index in [1.165, 1.54) is 0 Å². The maximum atomic E-state index is 12.5. The quantitative estimate of drug-likeness (QED) is 0.615. The molecule has 9 nitrogen and oxygen atoms in total. The largest absolute Gasteiger partial charge is 0.486 e. The normalized spacial score (nSPS) is 16.8. The van der Waals surface area contributed by atoms with Crippen LogP contribution in [0.25, 0.3) is 10.9 Å². The minimum Gasteiger partial charge on any atom is -0.486 e. The average Bonchev–Trinajstić information content (AvgIpc) is 2.74. The third-order valence-electron chi connectivity index (χ3n) is 5.16. The molecule has 0 atom stereocenters. The van der Waals surface area contributed by atoms with Crippen LogP contribution in [0.15, 0.2) is 35.3 Å². The van der Waals surface area contributed by atoms with Crippen LogP contribution in [-0.2, 0) is 0 Å². The van der Waals surface area contributed by atoms with E-state index in [1.807, 2.05) is 23.1 Å². The third-order valence-corrected chi connectivity index (χ3v) is 5.16. The van der Waals surface area contributed by atoms with Crippen molar-refractivity contribution in [2.24, 2.45) is 0 Å². The number of benzene rings is 1. The Morgan fingerprint density at radius 2 is 1.90 bits per heavy atom. The number of pyridine rings is 1. The molecule has 2 aromatic heterocycles. The molecule has 9 heteroatoms. The number of fused-ring (bicyclic) bond motifs is 2. The predicted molar refractivity (Wildman–Crippen MR) is 108 cm³/mol. The molecule has 3 N–H and O–H groups in total. The minimum absolute atomic E-state index is 0.261. The van der Waals surface area contributed by atoms with Crippen LogP contribution in [0.4, 0.5) is 17.5 Å². The Bertz CT molecular complexity index is 1110. The van der Waals surface area contributed by atoms with Gasteiger partial charge in [-0.15, -0.1) is 0 Å². The first-order chi connectivity index (χ1) is 14.2. The number of H-pyrrole nitrogens is 1. The number of hydrogen-bond acceptors (Lipinski definition) is 8. The van der Waals surface area contributed by atoms with Gasteiger partial charge in [-0.05, 0) is 31.0 Å². The topological polar surface area (TPSA) is 113 Å². The van der Waals surface area contributed by atoms with Crippen LogP contribution in [0, 0.1) is 0 Å². The SMILES string of the molecule is O=c1[nH]ccc2nc(N3CCC(O)CC3)nc(Nc3ccc4c(c3)OCCO4)c12. The fraction of sp³-hybridized carbons (Fsp3) is 0.350. The van der Waals surface area contributed by atoms with Crippen molar-refractivity contribution in [3.63, 3.8) is 0 Å². The van der Waals surface area contributed by atoms with E-state index >= 15 is 0 Å². The molecule has 150 valence electrons. The zero-order valence-electron chi connectivity index (χ0n) is 15.7. The number of aliphatic hydroxyl groups excluding tert-OH is 1. The summed E-state index contributed by atoms with van der Waals surface area (Å²) in [6.45, 7) is 2.36. The lowest BCUT2D eigenvalue weighted by Crippen LogP contribution is -2.37. The van der Waals surface area contributed by atoms with Gasteiger partial charge in [0.25, 0.3) is 5.56 Å². The highest BCUT2D eigenvalue weighted by Crippen LogP contribution is 2.34. The van der Waals surface area contributed by atoms with E-state index in [2.05, 4.69) is 20.3 Å². The van der Waals surface area contributed by atoms with Gasteiger partial charge < -0.3 is 29.8 Å². The Hall–Kier alpha value is -3.33. The molecular weight excluding hydrogens is 374 g/mol. The predicted octanol–water partition coefficient (Wildman–Crippen LogP) is 1.79. The lowest BCUT2D eigenvalue weighted by atomic mass is 10.1. The summed E-state index contributed by atoms with van der Waals surface area (Å²) in [6.07, 6.45) is 2.63. The second-order valence-electron chi connectivity index (χ2n) is 7.14. The molecule has 0 saturated carbocycles. The molecule has 0 radical (unpaired) electrons. The lowest BCUT2D eigenvalue weighted by molar-refractivity contribution is 0.145. The summed E-state index contributed by atoms with van der Waals surface area (Å²) in [5.74, 6) is 2.31. The molecule has 4 heterocycles. The Kier molecular flexibility index (Phi) is 4.44. The van der Waals surface area contributed by atoms with E-state index < -0.39 is 0 Å². The molecule has 2 aliphatic rings. The van der Waals surface area contributed by atoms with Crippen molar-refractivity contribution in [3.05, 3.63) is 40.8 Å². The summed E-state index contributed by atoms with van der Waals surface area (Å²) in [4.78, 5) is 26.4. The van der Waals surface area contributed by atoms with Gasteiger partial charge >= 0.3 is 0 Å². The number of piperidine rings is 1. The molecule has 29 heavy (non-hydrogen) atoms. The van der Waals surface area contributed by atoms with Crippen molar-refractivity contribution >= 4 is 28.4 Å². The van der Waals surface area contributed by atoms with Gasteiger partial charge in [-0.1, -0.05) is 0 Å². The van der Waals surface area contributed by atoms with Gasteiger partial charge in [0.1, 0.15) is 24.4 Å². The first-order valence-electron chi connectivity index (χ1n) is 9.66. The molecule has 0 spiro atoms. The van der Waals surface area contributed by atoms with Crippen molar-refractivity contribution in [1.82, 2.24) is 15.0 Å². The molecule has 1 saturated heterocycles.